The van der Waals surface area contributed by atoms with E-state index in [1.165, 1.54) is 0 Å². The van der Waals surface area contributed by atoms with Crippen molar-refractivity contribution in [1.82, 2.24) is 39.3 Å². The largest absolute Gasteiger partial charge is 0.368 e. The Hall–Kier alpha value is -4.14. The summed E-state index contributed by atoms with van der Waals surface area (Å²) in [5.41, 5.74) is 10.0. The lowest BCUT2D eigenvalue weighted by Crippen LogP contribution is -2.23. The number of hydrogen-bond acceptors (Lipinski definition) is 7. The van der Waals surface area contributed by atoms with E-state index in [-0.39, 0.29) is 11.5 Å². The first-order chi connectivity index (χ1) is 15.3. The molecule has 5 rings (SSSR count). The van der Waals surface area contributed by atoms with Crippen LogP contribution in [-0.2, 0) is 5.54 Å². The number of aryl methyl sites for hydroxylation is 1. The molecule has 0 aliphatic carbocycles. The van der Waals surface area contributed by atoms with E-state index in [2.05, 4.69) is 62.5 Å². The molecule has 160 valence electrons. The predicted octanol–water partition coefficient (Wildman–Crippen LogP) is 3.78. The van der Waals surface area contributed by atoms with Gasteiger partial charge in [0.15, 0.2) is 5.82 Å². The molecule has 5 aromatic rings. The Labute approximate surface area is 185 Å². The zero-order valence-corrected chi connectivity index (χ0v) is 18.4. The summed E-state index contributed by atoms with van der Waals surface area (Å²) in [4.78, 5) is 22.1. The Morgan fingerprint density at radius 1 is 0.938 bits per heavy atom. The zero-order chi connectivity index (χ0) is 22.5. The number of nitrogen functional groups attached to an aromatic ring is 1. The highest BCUT2D eigenvalue weighted by Crippen LogP contribution is 2.34. The quantitative estimate of drug-likeness (QED) is 0.468. The molecular weight excluding hydrogens is 402 g/mol. The van der Waals surface area contributed by atoms with Crippen LogP contribution >= 0.6 is 0 Å². The smallest absolute Gasteiger partial charge is 0.219 e. The number of fused-ring (bicyclic) bond motifs is 1. The van der Waals surface area contributed by atoms with Gasteiger partial charge in [0.25, 0.3) is 0 Å². The number of rotatable bonds is 3. The van der Waals surface area contributed by atoms with E-state index in [0.717, 1.165) is 33.5 Å². The molecule has 4 heterocycles. The van der Waals surface area contributed by atoms with Crippen LogP contribution in [0.2, 0.25) is 0 Å². The fourth-order valence-corrected chi connectivity index (χ4v) is 3.81. The van der Waals surface area contributed by atoms with Gasteiger partial charge >= 0.3 is 0 Å². The number of aromatic nitrogens is 8. The molecule has 32 heavy (non-hydrogen) atoms. The van der Waals surface area contributed by atoms with Crippen molar-refractivity contribution in [1.29, 1.82) is 0 Å². The van der Waals surface area contributed by atoms with Crippen LogP contribution in [0.1, 0.15) is 26.6 Å². The lowest BCUT2D eigenvalue weighted by Gasteiger charge is -2.25. The summed E-state index contributed by atoms with van der Waals surface area (Å²) in [6.07, 6.45) is 6.86. The normalized spacial score (nSPS) is 11.9. The molecule has 0 fully saturated rings. The van der Waals surface area contributed by atoms with Crippen LogP contribution in [0.15, 0.2) is 55.2 Å². The minimum Gasteiger partial charge on any atom is -0.368 e. The van der Waals surface area contributed by atoms with Crippen molar-refractivity contribution in [2.45, 2.75) is 33.2 Å². The summed E-state index contributed by atoms with van der Waals surface area (Å²) in [6, 6.07) is 10.1. The maximum absolute atomic E-state index is 5.64. The van der Waals surface area contributed by atoms with Crippen LogP contribution in [0.25, 0.3) is 39.4 Å². The summed E-state index contributed by atoms with van der Waals surface area (Å²) >= 11 is 0. The molecule has 2 N–H and O–H groups in total. The van der Waals surface area contributed by atoms with Gasteiger partial charge in [-0.2, -0.15) is 5.10 Å². The van der Waals surface area contributed by atoms with Crippen molar-refractivity contribution in [3.8, 4) is 28.3 Å². The molecule has 0 spiro atoms. The summed E-state index contributed by atoms with van der Waals surface area (Å²) in [6.45, 7) is 8.34. The number of hydrogen-bond donors (Lipinski definition) is 1. The number of nitrogens with zero attached hydrogens (tertiary/aromatic N) is 8. The van der Waals surface area contributed by atoms with E-state index >= 15 is 0 Å². The maximum Gasteiger partial charge on any atom is 0.219 e. The second kappa shape index (κ2) is 7.23. The Morgan fingerprint density at radius 3 is 2.41 bits per heavy atom. The van der Waals surface area contributed by atoms with Crippen molar-refractivity contribution in [3.05, 3.63) is 61.1 Å². The fraction of sp³-hybridized carbons (Fsp3) is 0.217. The molecule has 0 atom stereocenters. The van der Waals surface area contributed by atoms with Gasteiger partial charge in [-0.05, 0) is 57.5 Å². The van der Waals surface area contributed by atoms with Crippen LogP contribution in [0.5, 0.6) is 0 Å². The molecule has 0 aliphatic rings. The van der Waals surface area contributed by atoms with Crippen LogP contribution in [-0.4, -0.2) is 39.3 Å². The van der Waals surface area contributed by atoms with Gasteiger partial charge in [-0.1, -0.05) is 6.07 Å². The van der Waals surface area contributed by atoms with Crippen LogP contribution in [0, 0.1) is 6.92 Å². The molecule has 9 nitrogen and oxygen atoms in total. The van der Waals surface area contributed by atoms with Crippen molar-refractivity contribution in [2.24, 2.45) is 0 Å². The van der Waals surface area contributed by atoms with E-state index in [9.17, 15) is 0 Å². The number of pyridine rings is 1. The first kappa shape index (κ1) is 19.8. The Kier molecular flexibility index (Phi) is 4.47. The highest BCUT2D eigenvalue weighted by atomic mass is 15.4. The van der Waals surface area contributed by atoms with Crippen molar-refractivity contribution in [3.63, 3.8) is 0 Å². The van der Waals surface area contributed by atoms with Crippen molar-refractivity contribution in [2.75, 3.05) is 5.73 Å². The van der Waals surface area contributed by atoms with Crippen LogP contribution in [0.4, 0.5) is 5.95 Å². The first-order valence-corrected chi connectivity index (χ1v) is 10.3. The minimum atomic E-state index is -0.221. The molecule has 0 aliphatic heterocycles. The Morgan fingerprint density at radius 2 is 1.72 bits per heavy atom. The van der Waals surface area contributed by atoms with E-state index in [1.54, 1.807) is 29.6 Å². The monoisotopic (exact) mass is 425 g/mol. The molecule has 0 unspecified atom stereocenters. The summed E-state index contributed by atoms with van der Waals surface area (Å²) in [7, 11) is 0. The molecule has 0 bridgehead atoms. The average molecular weight is 426 g/mol. The highest BCUT2D eigenvalue weighted by Gasteiger charge is 2.25. The van der Waals surface area contributed by atoms with Gasteiger partial charge in [0, 0.05) is 29.7 Å². The fourth-order valence-electron chi connectivity index (χ4n) is 3.81. The average Bonchev–Trinajstić information content (AvgIpc) is 3.37. The predicted molar refractivity (Wildman–Crippen MR) is 123 cm³/mol. The number of imidazole rings is 1. The second-order valence-electron chi connectivity index (χ2n) is 8.59. The van der Waals surface area contributed by atoms with Crippen LogP contribution in [0.3, 0.4) is 0 Å². The Bertz CT molecular complexity index is 1420. The summed E-state index contributed by atoms with van der Waals surface area (Å²) in [5.74, 6) is 2.43. The van der Waals surface area contributed by atoms with E-state index < -0.39 is 0 Å². The van der Waals surface area contributed by atoms with Gasteiger partial charge in [-0.15, -0.1) is 0 Å². The Balaban J connectivity index is 1.74. The van der Waals surface area contributed by atoms with Gasteiger partial charge < -0.3 is 10.3 Å². The topological polar surface area (TPSA) is 113 Å². The van der Waals surface area contributed by atoms with Crippen molar-refractivity contribution >= 4 is 17.0 Å². The molecule has 0 amide bonds. The molecule has 4 aromatic heterocycles. The van der Waals surface area contributed by atoms with Gasteiger partial charge in [0.2, 0.25) is 5.95 Å². The highest BCUT2D eigenvalue weighted by molar-refractivity contribution is 5.86. The third-order valence-electron chi connectivity index (χ3n) is 5.18. The SMILES string of the molecule is Cc1ncn(-c2ncccc2-c2nc3cc(-c4cnc(N)nc4)ccc3n2C(C)(C)C)n1. The lowest BCUT2D eigenvalue weighted by molar-refractivity contribution is 0.413. The molecule has 0 saturated carbocycles. The van der Waals surface area contributed by atoms with E-state index in [1.807, 2.05) is 25.1 Å². The molecule has 0 radical (unpaired) electrons. The van der Waals surface area contributed by atoms with E-state index in [4.69, 9.17) is 10.7 Å². The number of benzene rings is 1. The first-order valence-electron chi connectivity index (χ1n) is 10.3. The zero-order valence-electron chi connectivity index (χ0n) is 18.4. The second-order valence-corrected chi connectivity index (χ2v) is 8.59. The van der Waals surface area contributed by atoms with Crippen molar-refractivity contribution < 1.29 is 0 Å². The lowest BCUT2D eigenvalue weighted by atomic mass is 10.1. The minimum absolute atomic E-state index is 0.221. The third kappa shape index (κ3) is 3.37. The number of nitrogens with two attached hydrogens (primary N) is 1. The molecule has 0 saturated heterocycles. The molecule has 9 heteroatoms. The van der Waals surface area contributed by atoms with Gasteiger partial charge in [0.1, 0.15) is 18.0 Å². The molecular formula is C23H23N9. The third-order valence-corrected chi connectivity index (χ3v) is 5.18. The standard InChI is InChI=1S/C23H23N9/c1-14-28-13-31(30-14)20-17(6-5-9-25-20)21-29-18-10-15(16-11-26-22(24)27-12-16)7-8-19(18)32(21)23(2,3)4/h5-13H,1-4H3,(H2,24,26,27). The van der Waals surface area contributed by atoms with Gasteiger partial charge in [0.05, 0.1) is 16.6 Å². The maximum atomic E-state index is 5.64. The van der Waals surface area contributed by atoms with E-state index in [0.29, 0.717) is 11.6 Å². The number of anilines is 1. The summed E-state index contributed by atoms with van der Waals surface area (Å²) in [5, 5.41) is 4.46. The van der Waals surface area contributed by atoms with Gasteiger partial charge in [-0.25, -0.2) is 29.6 Å². The molecule has 1 aromatic carbocycles. The van der Waals surface area contributed by atoms with Gasteiger partial charge in [-0.3, -0.25) is 0 Å². The van der Waals surface area contributed by atoms with Crippen LogP contribution < -0.4 is 5.73 Å². The summed E-state index contributed by atoms with van der Waals surface area (Å²) < 4.78 is 3.92.